The number of hydrogen-bond acceptors (Lipinski definition) is 4. The first kappa shape index (κ1) is 13.3. The number of fused-ring (bicyclic) bond motifs is 1. The van der Waals surface area contributed by atoms with E-state index in [0.29, 0.717) is 25.6 Å². The molecule has 0 fully saturated rings. The minimum absolute atomic E-state index is 0.00204. The second kappa shape index (κ2) is 6.16. The molecule has 100 valence electrons. The van der Waals surface area contributed by atoms with Crippen molar-refractivity contribution in [2.24, 2.45) is 5.73 Å². The highest BCUT2D eigenvalue weighted by atomic mass is 16.5. The number of pyridine rings is 1. The van der Waals surface area contributed by atoms with E-state index in [9.17, 15) is 0 Å². The molecule has 4 heteroatoms. The topological polar surface area (TPSA) is 57.4 Å². The molecule has 1 atom stereocenters. The van der Waals surface area contributed by atoms with E-state index in [4.69, 9.17) is 15.2 Å². The summed E-state index contributed by atoms with van der Waals surface area (Å²) >= 11 is 0. The molecule has 1 aromatic rings. The highest BCUT2D eigenvalue weighted by molar-refractivity contribution is 5.36. The van der Waals surface area contributed by atoms with E-state index in [-0.39, 0.29) is 6.10 Å². The molecule has 1 aliphatic rings. The molecule has 0 saturated carbocycles. The zero-order valence-electron chi connectivity index (χ0n) is 11.2. The molecule has 0 radical (unpaired) electrons. The number of nitrogens with two attached hydrogens (primary N) is 1. The molecule has 1 aliphatic carbocycles. The van der Waals surface area contributed by atoms with Crippen molar-refractivity contribution in [3.05, 3.63) is 22.9 Å². The summed E-state index contributed by atoms with van der Waals surface area (Å²) in [5.41, 5.74) is 9.27. The summed E-state index contributed by atoms with van der Waals surface area (Å²) in [7, 11) is 0. The Labute approximate surface area is 108 Å². The molecule has 0 spiro atoms. The first-order valence-corrected chi connectivity index (χ1v) is 6.70. The van der Waals surface area contributed by atoms with Gasteiger partial charge in [-0.15, -0.1) is 0 Å². The third kappa shape index (κ3) is 3.00. The molecular formula is C14H22N2O2. The van der Waals surface area contributed by atoms with Crippen molar-refractivity contribution in [1.29, 1.82) is 0 Å². The van der Waals surface area contributed by atoms with Crippen LogP contribution in [0.2, 0.25) is 0 Å². The molecule has 1 heterocycles. The number of hydrogen-bond donors (Lipinski definition) is 1. The lowest BCUT2D eigenvalue weighted by Crippen LogP contribution is -2.21. The van der Waals surface area contributed by atoms with Crippen molar-refractivity contribution in [3.63, 3.8) is 0 Å². The Morgan fingerprint density at radius 2 is 2.28 bits per heavy atom. The Bertz CT molecular complexity index is 407. The lowest BCUT2D eigenvalue weighted by atomic mass is 10.1. The lowest BCUT2D eigenvalue weighted by molar-refractivity contribution is 0.0627. The number of ether oxygens (including phenoxy) is 2. The molecule has 2 rings (SSSR count). The predicted molar refractivity (Wildman–Crippen MR) is 70.7 cm³/mol. The summed E-state index contributed by atoms with van der Waals surface area (Å²) in [5, 5.41) is 0. The van der Waals surface area contributed by atoms with E-state index in [1.807, 2.05) is 13.8 Å². The van der Waals surface area contributed by atoms with Crippen LogP contribution in [0.25, 0.3) is 0 Å². The minimum atomic E-state index is 0.00204. The van der Waals surface area contributed by atoms with Crippen LogP contribution in [0.5, 0.6) is 5.88 Å². The van der Waals surface area contributed by atoms with Gasteiger partial charge in [-0.05, 0) is 44.7 Å². The largest absolute Gasteiger partial charge is 0.472 e. The van der Waals surface area contributed by atoms with E-state index in [2.05, 4.69) is 11.1 Å². The van der Waals surface area contributed by atoms with Crippen LogP contribution in [0.15, 0.2) is 6.07 Å². The quantitative estimate of drug-likeness (QED) is 0.837. The van der Waals surface area contributed by atoms with E-state index in [1.165, 1.54) is 17.7 Å². The molecule has 0 aliphatic heterocycles. The number of aromatic nitrogens is 1. The Morgan fingerprint density at radius 1 is 1.44 bits per heavy atom. The molecular weight excluding hydrogens is 228 g/mol. The SMILES string of the molecule is CCOCC(C)Oc1nc2c(cc1CN)CCC2. The Balaban J connectivity index is 2.11. The van der Waals surface area contributed by atoms with E-state index in [1.54, 1.807) is 0 Å². The summed E-state index contributed by atoms with van der Waals surface area (Å²) in [4.78, 5) is 4.61. The van der Waals surface area contributed by atoms with Crippen LogP contribution < -0.4 is 10.5 Å². The van der Waals surface area contributed by atoms with Crippen LogP contribution in [0, 0.1) is 0 Å². The van der Waals surface area contributed by atoms with Crippen LogP contribution in [0.1, 0.15) is 37.1 Å². The zero-order chi connectivity index (χ0) is 13.0. The first-order chi connectivity index (χ1) is 8.74. The van der Waals surface area contributed by atoms with E-state index in [0.717, 1.165) is 18.4 Å². The second-order valence-corrected chi connectivity index (χ2v) is 4.70. The summed E-state index contributed by atoms with van der Waals surface area (Å²) < 4.78 is 11.2. The Hall–Kier alpha value is -1.13. The standard InChI is InChI=1S/C14H22N2O2/c1-3-17-9-10(2)18-14-12(8-15)7-11-5-4-6-13(11)16-14/h7,10H,3-6,8-9,15H2,1-2H3. The van der Waals surface area contributed by atoms with Gasteiger partial charge in [0.05, 0.1) is 6.61 Å². The second-order valence-electron chi connectivity index (χ2n) is 4.70. The van der Waals surface area contributed by atoms with Gasteiger partial charge in [0.1, 0.15) is 6.10 Å². The van der Waals surface area contributed by atoms with Crippen LogP contribution in [0.3, 0.4) is 0 Å². The van der Waals surface area contributed by atoms with Gasteiger partial charge in [0.15, 0.2) is 0 Å². The average molecular weight is 250 g/mol. The van der Waals surface area contributed by atoms with Crippen LogP contribution in [-0.2, 0) is 24.1 Å². The molecule has 4 nitrogen and oxygen atoms in total. The number of rotatable bonds is 6. The highest BCUT2D eigenvalue weighted by Crippen LogP contribution is 2.26. The average Bonchev–Trinajstić information content (AvgIpc) is 2.82. The third-order valence-corrected chi connectivity index (χ3v) is 3.18. The lowest BCUT2D eigenvalue weighted by Gasteiger charge is -2.17. The molecule has 0 bridgehead atoms. The van der Waals surface area contributed by atoms with Gasteiger partial charge < -0.3 is 15.2 Å². The van der Waals surface area contributed by atoms with Crippen LogP contribution in [0.4, 0.5) is 0 Å². The molecule has 2 N–H and O–H groups in total. The third-order valence-electron chi connectivity index (χ3n) is 3.18. The predicted octanol–water partition coefficient (Wildman–Crippen LogP) is 1.83. The fourth-order valence-corrected chi connectivity index (χ4v) is 2.26. The molecule has 0 aromatic carbocycles. The number of aryl methyl sites for hydroxylation is 2. The summed E-state index contributed by atoms with van der Waals surface area (Å²) in [6.07, 6.45) is 3.35. The summed E-state index contributed by atoms with van der Waals surface area (Å²) in [6, 6.07) is 2.15. The maximum absolute atomic E-state index is 5.85. The van der Waals surface area contributed by atoms with Crippen molar-refractivity contribution in [2.45, 2.75) is 45.8 Å². The van der Waals surface area contributed by atoms with Crippen molar-refractivity contribution in [3.8, 4) is 5.88 Å². The Morgan fingerprint density at radius 3 is 3.00 bits per heavy atom. The monoisotopic (exact) mass is 250 g/mol. The van der Waals surface area contributed by atoms with E-state index >= 15 is 0 Å². The molecule has 1 unspecified atom stereocenters. The molecule has 1 aromatic heterocycles. The normalized spacial score (nSPS) is 15.5. The minimum Gasteiger partial charge on any atom is -0.472 e. The molecule has 18 heavy (non-hydrogen) atoms. The smallest absolute Gasteiger partial charge is 0.218 e. The molecule has 0 saturated heterocycles. The Kier molecular flexibility index (Phi) is 4.55. The van der Waals surface area contributed by atoms with Gasteiger partial charge in [-0.3, -0.25) is 0 Å². The first-order valence-electron chi connectivity index (χ1n) is 6.70. The fraction of sp³-hybridized carbons (Fsp3) is 0.643. The zero-order valence-corrected chi connectivity index (χ0v) is 11.2. The van der Waals surface area contributed by atoms with Crippen molar-refractivity contribution in [1.82, 2.24) is 4.98 Å². The highest BCUT2D eigenvalue weighted by Gasteiger charge is 2.17. The number of nitrogens with zero attached hydrogens (tertiary/aromatic N) is 1. The van der Waals surface area contributed by atoms with Crippen molar-refractivity contribution >= 4 is 0 Å². The summed E-state index contributed by atoms with van der Waals surface area (Å²) in [5.74, 6) is 0.686. The maximum Gasteiger partial charge on any atom is 0.218 e. The van der Waals surface area contributed by atoms with Gasteiger partial charge in [-0.25, -0.2) is 4.98 Å². The van der Waals surface area contributed by atoms with Gasteiger partial charge in [0.25, 0.3) is 0 Å². The van der Waals surface area contributed by atoms with Crippen LogP contribution in [-0.4, -0.2) is 24.3 Å². The van der Waals surface area contributed by atoms with Gasteiger partial charge in [0, 0.05) is 24.4 Å². The van der Waals surface area contributed by atoms with E-state index < -0.39 is 0 Å². The van der Waals surface area contributed by atoms with Gasteiger partial charge in [-0.1, -0.05) is 0 Å². The van der Waals surface area contributed by atoms with Gasteiger partial charge >= 0.3 is 0 Å². The van der Waals surface area contributed by atoms with Crippen molar-refractivity contribution in [2.75, 3.05) is 13.2 Å². The summed E-state index contributed by atoms with van der Waals surface area (Å²) in [6.45, 7) is 5.72. The van der Waals surface area contributed by atoms with Crippen LogP contribution >= 0.6 is 0 Å². The maximum atomic E-state index is 5.85. The van der Waals surface area contributed by atoms with Crippen molar-refractivity contribution < 1.29 is 9.47 Å². The van der Waals surface area contributed by atoms with Gasteiger partial charge in [-0.2, -0.15) is 0 Å². The molecule has 0 amide bonds. The fourth-order valence-electron chi connectivity index (χ4n) is 2.26. The van der Waals surface area contributed by atoms with Gasteiger partial charge in [0.2, 0.25) is 5.88 Å².